The van der Waals surface area contributed by atoms with E-state index in [9.17, 15) is 9.59 Å². The molecule has 2 aromatic heterocycles. The number of rotatable bonds is 4. The summed E-state index contributed by atoms with van der Waals surface area (Å²) in [4.78, 5) is 32.0. The monoisotopic (exact) mass is 378 g/mol. The summed E-state index contributed by atoms with van der Waals surface area (Å²) in [7, 11) is 1.86. The van der Waals surface area contributed by atoms with Crippen molar-refractivity contribution in [2.24, 2.45) is 13.0 Å². The summed E-state index contributed by atoms with van der Waals surface area (Å²) < 4.78 is 1.77. The fraction of sp³-hybridized carbons (Fsp3) is 0.450. The second-order valence-corrected chi connectivity index (χ2v) is 7.53. The molecular weight excluding hydrogens is 356 g/mol. The molecule has 8 heteroatoms. The highest BCUT2D eigenvalue weighted by atomic mass is 16.2. The Kier molecular flexibility index (Phi) is 4.38. The van der Waals surface area contributed by atoms with Crippen LogP contribution in [-0.4, -0.2) is 37.5 Å². The minimum atomic E-state index is -0.506. The number of nitriles is 1. The van der Waals surface area contributed by atoms with Gasteiger partial charge in [-0.2, -0.15) is 10.4 Å². The van der Waals surface area contributed by atoms with Crippen molar-refractivity contribution < 1.29 is 9.59 Å². The maximum atomic E-state index is 13.1. The van der Waals surface area contributed by atoms with Crippen molar-refractivity contribution in [2.75, 3.05) is 5.32 Å². The SMILES string of the molecule is Cc1nc(NC(=O)[C@H]2CC(=O)N(C3CC3)[C@@H]2c2cnn(C)c2C)ccc1C#N. The van der Waals surface area contributed by atoms with Crippen molar-refractivity contribution in [1.29, 1.82) is 5.26 Å². The third kappa shape index (κ3) is 3.03. The number of aromatic nitrogens is 3. The van der Waals surface area contributed by atoms with E-state index in [2.05, 4.69) is 21.5 Å². The molecule has 2 aromatic rings. The number of nitrogens with one attached hydrogen (secondary N) is 1. The normalized spacial score (nSPS) is 21.6. The van der Waals surface area contributed by atoms with Crippen molar-refractivity contribution in [1.82, 2.24) is 19.7 Å². The molecule has 1 aliphatic carbocycles. The van der Waals surface area contributed by atoms with Crippen LogP contribution in [0.5, 0.6) is 0 Å². The Morgan fingerprint density at radius 1 is 1.32 bits per heavy atom. The standard InChI is InChI=1S/C20H22N6O2/c1-11-13(9-21)4-7-17(23-11)24-20(28)15-8-18(27)26(14-5-6-14)19(15)16-10-22-25(3)12(16)2/h4,7,10,14-15,19H,5-6,8H2,1-3H3,(H,23,24,28)/t15-,19-/m0/s1. The summed E-state index contributed by atoms with van der Waals surface area (Å²) >= 11 is 0. The Morgan fingerprint density at radius 2 is 2.07 bits per heavy atom. The summed E-state index contributed by atoms with van der Waals surface area (Å²) in [5.74, 6) is -0.338. The lowest BCUT2D eigenvalue weighted by molar-refractivity contribution is -0.129. The molecule has 0 radical (unpaired) electrons. The van der Waals surface area contributed by atoms with Crippen molar-refractivity contribution in [3.05, 3.63) is 40.8 Å². The number of carbonyl (C=O) groups is 2. The van der Waals surface area contributed by atoms with Crippen LogP contribution in [0.1, 0.15) is 47.8 Å². The number of hydrogen-bond donors (Lipinski definition) is 1. The van der Waals surface area contributed by atoms with Gasteiger partial charge < -0.3 is 10.2 Å². The first-order valence-corrected chi connectivity index (χ1v) is 9.39. The molecule has 1 saturated carbocycles. The molecule has 1 N–H and O–H groups in total. The van der Waals surface area contributed by atoms with Gasteiger partial charge in [0.05, 0.1) is 29.4 Å². The maximum Gasteiger partial charge on any atom is 0.231 e. The molecule has 0 unspecified atom stereocenters. The summed E-state index contributed by atoms with van der Waals surface area (Å²) in [6.07, 6.45) is 3.90. The molecule has 4 rings (SSSR count). The summed E-state index contributed by atoms with van der Waals surface area (Å²) in [5, 5.41) is 16.2. The van der Waals surface area contributed by atoms with E-state index >= 15 is 0 Å². The first kappa shape index (κ1) is 18.2. The quantitative estimate of drug-likeness (QED) is 0.876. The van der Waals surface area contributed by atoms with Gasteiger partial charge in [-0.05, 0) is 38.8 Å². The van der Waals surface area contributed by atoms with E-state index in [0.717, 1.165) is 24.1 Å². The highest BCUT2D eigenvalue weighted by molar-refractivity contribution is 5.97. The molecule has 3 heterocycles. The molecule has 1 aliphatic heterocycles. The van der Waals surface area contributed by atoms with Crippen molar-refractivity contribution in [3.8, 4) is 6.07 Å². The van der Waals surface area contributed by atoms with Crippen molar-refractivity contribution in [2.45, 2.75) is 45.2 Å². The number of nitrogens with zero attached hydrogens (tertiary/aromatic N) is 5. The average Bonchev–Trinajstić information content (AvgIpc) is 3.37. The van der Waals surface area contributed by atoms with Crippen LogP contribution in [0, 0.1) is 31.1 Å². The number of pyridine rings is 1. The average molecular weight is 378 g/mol. The van der Waals surface area contributed by atoms with E-state index in [1.165, 1.54) is 0 Å². The number of likely N-dealkylation sites (tertiary alicyclic amines) is 1. The molecule has 2 fully saturated rings. The lowest BCUT2D eigenvalue weighted by Crippen LogP contribution is -2.34. The van der Waals surface area contributed by atoms with Crippen molar-refractivity contribution >= 4 is 17.6 Å². The minimum Gasteiger partial charge on any atom is -0.332 e. The molecule has 1 saturated heterocycles. The molecule has 2 atom stereocenters. The maximum absolute atomic E-state index is 13.1. The topological polar surface area (TPSA) is 104 Å². The van der Waals surface area contributed by atoms with E-state index in [1.807, 2.05) is 18.9 Å². The molecule has 144 valence electrons. The van der Waals surface area contributed by atoms with Gasteiger partial charge in [-0.15, -0.1) is 0 Å². The van der Waals surface area contributed by atoms with Gasteiger partial charge in [0, 0.05) is 30.8 Å². The van der Waals surface area contributed by atoms with E-state index in [1.54, 1.807) is 29.9 Å². The van der Waals surface area contributed by atoms with E-state index in [-0.39, 0.29) is 30.3 Å². The number of aryl methyl sites for hydroxylation is 2. The van der Waals surface area contributed by atoms with Crippen LogP contribution in [0.25, 0.3) is 0 Å². The molecule has 0 aromatic carbocycles. The molecule has 2 aliphatic rings. The number of hydrogen-bond acceptors (Lipinski definition) is 5. The molecule has 2 amide bonds. The summed E-state index contributed by atoms with van der Waals surface area (Å²) in [5.41, 5.74) is 2.90. The lowest BCUT2D eigenvalue weighted by Gasteiger charge is -2.28. The Labute approximate surface area is 163 Å². The molecular formula is C20H22N6O2. The summed E-state index contributed by atoms with van der Waals surface area (Å²) in [6, 6.07) is 5.21. The molecule has 8 nitrogen and oxygen atoms in total. The second-order valence-electron chi connectivity index (χ2n) is 7.53. The van der Waals surface area contributed by atoms with Crippen LogP contribution < -0.4 is 5.32 Å². The fourth-order valence-corrected chi connectivity index (χ4v) is 3.91. The van der Waals surface area contributed by atoms with E-state index in [0.29, 0.717) is 17.1 Å². The Hall–Kier alpha value is -3.21. The number of amides is 2. The van der Waals surface area contributed by atoms with Crippen LogP contribution >= 0.6 is 0 Å². The largest absolute Gasteiger partial charge is 0.332 e. The van der Waals surface area contributed by atoms with Crippen molar-refractivity contribution in [3.63, 3.8) is 0 Å². The first-order chi connectivity index (χ1) is 13.4. The fourth-order valence-electron chi connectivity index (χ4n) is 3.91. The number of carbonyl (C=O) groups excluding carboxylic acids is 2. The summed E-state index contributed by atoms with van der Waals surface area (Å²) in [6.45, 7) is 3.68. The second kappa shape index (κ2) is 6.75. The third-order valence-corrected chi connectivity index (χ3v) is 5.69. The van der Waals surface area contributed by atoms with Crippen LogP contribution in [0.2, 0.25) is 0 Å². The third-order valence-electron chi connectivity index (χ3n) is 5.69. The Balaban J connectivity index is 1.64. The van der Waals surface area contributed by atoms with Gasteiger partial charge in [-0.25, -0.2) is 4.98 Å². The Bertz CT molecular complexity index is 1000. The zero-order chi connectivity index (χ0) is 20.0. The van der Waals surface area contributed by atoms with Gasteiger partial charge in [0.25, 0.3) is 0 Å². The van der Waals surface area contributed by atoms with Crippen LogP contribution in [-0.2, 0) is 16.6 Å². The number of anilines is 1. The van der Waals surface area contributed by atoms with Crippen LogP contribution in [0.4, 0.5) is 5.82 Å². The van der Waals surface area contributed by atoms with Gasteiger partial charge in [0.15, 0.2) is 0 Å². The minimum absolute atomic E-state index is 0.0138. The van der Waals surface area contributed by atoms with Gasteiger partial charge in [0.2, 0.25) is 11.8 Å². The van der Waals surface area contributed by atoms with Gasteiger partial charge in [0.1, 0.15) is 11.9 Å². The predicted octanol–water partition coefficient (Wildman–Crippen LogP) is 1.99. The lowest BCUT2D eigenvalue weighted by atomic mass is 9.93. The van der Waals surface area contributed by atoms with Crippen LogP contribution in [0.15, 0.2) is 18.3 Å². The van der Waals surface area contributed by atoms with E-state index in [4.69, 9.17) is 5.26 Å². The zero-order valence-corrected chi connectivity index (χ0v) is 16.1. The first-order valence-electron chi connectivity index (χ1n) is 9.39. The highest BCUT2D eigenvalue weighted by Crippen LogP contribution is 2.46. The predicted molar refractivity (Wildman–Crippen MR) is 101 cm³/mol. The zero-order valence-electron chi connectivity index (χ0n) is 16.1. The molecule has 0 bridgehead atoms. The molecule has 0 spiro atoms. The van der Waals surface area contributed by atoms with E-state index < -0.39 is 5.92 Å². The van der Waals surface area contributed by atoms with Gasteiger partial charge in [-0.3, -0.25) is 14.3 Å². The molecule has 28 heavy (non-hydrogen) atoms. The smallest absolute Gasteiger partial charge is 0.231 e. The van der Waals surface area contributed by atoms with Gasteiger partial charge >= 0.3 is 0 Å². The Morgan fingerprint density at radius 3 is 2.64 bits per heavy atom. The highest BCUT2D eigenvalue weighted by Gasteiger charge is 2.50. The van der Waals surface area contributed by atoms with Crippen LogP contribution in [0.3, 0.4) is 0 Å². The van der Waals surface area contributed by atoms with Gasteiger partial charge in [-0.1, -0.05) is 0 Å².